The van der Waals surface area contributed by atoms with E-state index in [1.165, 1.54) is 0 Å². The van der Waals surface area contributed by atoms with E-state index in [2.05, 4.69) is 23.6 Å². The molecule has 0 aliphatic carbocycles. The molecule has 0 bridgehead atoms. The van der Waals surface area contributed by atoms with E-state index in [0.29, 0.717) is 17.2 Å². The van der Waals surface area contributed by atoms with Crippen LogP contribution in [0.1, 0.15) is 25.3 Å². The molecule has 1 fully saturated rings. The second-order valence-corrected chi connectivity index (χ2v) is 5.36. The summed E-state index contributed by atoms with van der Waals surface area (Å²) < 4.78 is 0. The standard InChI is InChI=1S/C16H22N4O/c1-2-18-12-13-6-8-20(9-7-13)16(21)19-15-5-3-4-14(10-15)11-17/h3-5,10,13,18H,2,6-9,12H2,1H3,(H,19,21). The maximum absolute atomic E-state index is 12.2. The lowest BCUT2D eigenvalue weighted by molar-refractivity contribution is 0.182. The van der Waals surface area contributed by atoms with Gasteiger partial charge in [-0.2, -0.15) is 5.26 Å². The third-order valence-electron chi connectivity index (χ3n) is 3.83. The molecule has 5 nitrogen and oxygen atoms in total. The monoisotopic (exact) mass is 286 g/mol. The van der Waals surface area contributed by atoms with E-state index in [1.54, 1.807) is 24.3 Å². The Morgan fingerprint density at radius 1 is 1.43 bits per heavy atom. The summed E-state index contributed by atoms with van der Waals surface area (Å²) in [7, 11) is 0. The minimum absolute atomic E-state index is 0.0769. The van der Waals surface area contributed by atoms with E-state index >= 15 is 0 Å². The molecular formula is C16H22N4O. The molecule has 112 valence electrons. The highest BCUT2D eigenvalue weighted by Gasteiger charge is 2.22. The number of urea groups is 1. The van der Waals surface area contributed by atoms with Crippen molar-refractivity contribution in [3.8, 4) is 6.07 Å². The predicted octanol–water partition coefficient (Wildman–Crippen LogP) is 2.41. The zero-order valence-corrected chi connectivity index (χ0v) is 12.4. The molecule has 21 heavy (non-hydrogen) atoms. The number of nitrogens with zero attached hydrogens (tertiary/aromatic N) is 2. The summed E-state index contributed by atoms with van der Waals surface area (Å²) in [4.78, 5) is 14.1. The Bertz CT molecular complexity index is 515. The summed E-state index contributed by atoms with van der Waals surface area (Å²) in [6.07, 6.45) is 2.08. The Morgan fingerprint density at radius 2 is 2.19 bits per heavy atom. The Hall–Kier alpha value is -2.06. The molecule has 0 aromatic heterocycles. The Morgan fingerprint density at radius 3 is 2.86 bits per heavy atom. The van der Waals surface area contributed by atoms with Crippen LogP contribution in [0.3, 0.4) is 0 Å². The first-order chi connectivity index (χ1) is 10.2. The number of piperidine rings is 1. The number of likely N-dealkylation sites (tertiary alicyclic amines) is 1. The van der Waals surface area contributed by atoms with Crippen LogP contribution in [0.25, 0.3) is 0 Å². The quantitative estimate of drug-likeness (QED) is 0.893. The second-order valence-electron chi connectivity index (χ2n) is 5.36. The van der Waals surface area contributed by atoms with Gasteiger partial charge in [-0.05, 0) is 50.0 Å². The number of carbonyl (C=O) groups excluding carboxylic acids is 1. The fraction of sp³-hybridized carbons (Fsp3) is 0.500. The lowest BCUT2D eigenvalue weighted by atomic mass is 9.97. The SMILES string of the molecule is CCNCC1CCN(C(=O)Nc2cccc(C#N)c2)CC1. The molecule has 1 aromatic carbocycles. The molecule has 1 aromatic rings. The Balaban J connectivity index is 1.83. The molecule has 2 amide bonds. The van der Waals surface area contributed by atoms with E-state index < -0.39 is 0 Å². The number of anilines is 1. The van der Waals surface area contributed by atoms with Crippen molar-refractivity contribution < 1.29 is 4.79 Å². The molecular weight excluding hydrogens is 264 g/mol. The highest BCUT2D eigenvalue weighted by Crippen LogP contribution is 2.18. The molecule has 1 heterocycles. The van der Waals surface area contributed by atoms with Crippen molar-refractivity contribution in [1.82, 2.24) is 10.2 Å². The molecule has 1 aliphatic rings. The van der Waals surface area contributed by atoms with Crippen LogP contribution in [-0.4, -0.2) is 37.1 Å². The van der Waals surface area contributed by atoms with Gasteiger partial charge < -0.3 is 15.5 Å². The van der Waals surface area contributed by atoms with Crippen LogP contribution in [-0.2, 0) is 0 Å². The van der Waals surface area contributed by atoms with Crippen molar-refractivity contribution >= 4 is 11.7 Å². The van der Waals surface area contributed by atoms with Crippen molar-refractivity contribution in [2.45, 2.75) is 19.8 Å². The van der Waals surface area contributed by atoms with Gasteiger partial charge in [0.05, 0.1) is 11.6 Å². The van der Waals surface area contributed by atoms with Crippen molar-refractivity contribution in [3.63, 3.8) is 0 Å². The van der Waals surface area contributed by atoms with E-state index in [4.69, 9.17) is 5.26 Å². The molecule has 5 heteroatoms. The molecule has 0 unspecified atom stereocenters. The van der Waals surface area contributed by atoms with Crippen LogP contribution in [0, 0.1) is 17.2 Å². The molecule has 0 radical (unpaired) electrons. The summed E-state index contributed by atoms with van der Waals surface area (Å²) in [5.74, 6) is 0.663. The van der Waals surface area contributed by atoms with Crippen LogP contribution in [0.15, 0.2) is 24.3 Å². The summed E-state index contributed by atoms with van der Waals surface area (Å²) in [5.41, 5.74) is 1.23. The number of amides is 2. The zero-order valence-electron chi connectivity index (χ0n) is 12.4. The number of rotatable bonds is 4. The van der Waals surface area contributed by atoms with Crippen LogP contribution in [0.4, 0.5) is 10.5 Å². The number of hydrogen-bond acceptors (Lipinski definition) is 3. The van der Waals surface area contributed by atoms with Gasteiger partial charge in [-0.3, -0.25) is 0 Å². The predicted molar refractivity (Wildman–Crippen MR) is 83.0 cm³/mol. The topological polar surface area (TPSA) is 68.2 Å². The zero-order chi connectivity index (χ0) is 15.1. The molecule has 2 N–H and O–H groups in total. The second kappa shape index (κ2) is 7.65. The van der Waals surface area contributed by atoms with Gasteiger partial charge in [-0.1, -0.05) is 13.0 Å². The smallest absolute Gasteiger partial charge is 0.321 e. The number of benzene rings is 1. The van der Waals surface area contributed by atoms with Gasteiger partial charge >= 0.3 is 6.03 Å². The fourth-order valence-electron chi connectivity index (χ4n) is 2.56. The average molecular weight is 286 g/mol. The summed E-state index contributed by atoms with van der Waals surface area (Å²) in [6.45, 7) is 5.73. The van der Waals surface area contributed by atoms with Crippen LogP contribution < -0.4 is 10.6 Å². The van der Waals surface area contributed by atoms with Crippen LogP contribution in [0.5, 0.6) is 0 Å². The minimum atomic E-state index is -0.0769. The summed E-state index contributed by atoms with van der Waals surface area (Å²) >= 11 is 0. The lowest BCUT2D eigenvalue weighted by Crippen LogP contribution is -2.42. The van der Waals surface area contributed by atoms with Crippen molar-refractivity contribution in [1.29, 1.82) is 5.26 Å². The average Bonchev–Trinajstić information content (AvgIpc) is 2.53. The number of carbonyl (C=O) groups is 1. The molecule has 1 saturated heterocycles. The number of hydrogen-bond donors (Lipinski definition) is 2. The highest BCUT2D eigenvalue weighted by atomic mass is 16.2. The van der Waals surface area contributed by atoms with Gasteiger partial charge in [0.25, 0.3) is 0 Å². The van der Waals surface area contributed by atoms with Gasteiger partial charge in [0.15, 0.2) is 0 Å². The van der Waals surface area contributed by atoms with Gasteiger partial charge in [0.1, 0.15) is 0 Å². The third kappa shape index (κ3) is 4.47. The highest BCUT2D eigenvalue weighted by molar-refractivity contribution is 5.89. The van der Waals surface area contributed by atoms with E-state index in [9.17, 15) is 4.79 Å². The first kappa shape index (κ1) is 15.3. The first-order valence-electron chi connectivity index (χ1n) is 7.49. The third-order valence-corrected chi connectivity index (χ3v) is 3.83. The summed E-state index contributed by atoms with van der Waals surface area (Å²) in [5, 5.41) is 15.1. The molecule has 2 rings (SSSR count). The molecule has 0 saturated carbocycles. The van der Waals surface area contributed by atoms with Crippen molar-refractivity contribution in [2.24, 2.45) is 5.92 Å². The van der Waals surface area contributed by atoms with Gasteiger partial charge in [0.2, 0.25) is 0 Å². The van der Waals surface area contributed by atoms with E-state index in [0.717, 1.165) is 39.0 Å². The van der Waals surface area contributed by atoms with Crippen LogP contribution >= 0.6 is 0 Å². The first-order valence-corrected chi connectivity index (χ1v) is 7.49. The Kier molecular flexibility index (Phi) is 5.59. The van der Waals surface area contributed by atoms with E-state index in [1.807, 2.05) is 4.90 Å². The maximum Gasteiger partial charge on any atom is 0.321 e. The summed E-state index contributed by atoms with van der Waals surface area (Å²) in [6, 6.07) is 8.99. The largest absolute Gasteiger partial charge is 0.325 e. The number of nitrogens with one attached hydrogen (secondary N) is 2. The molecule has 0 atom stereocenters. The molecule has 0 spiro atoms. The minimum Gasteiger partial charge on any atom is -0.325 e. The maximum atomic E-state index is 12.2. The fourth-order valence-corrected chi connectivity index (χ4v) is 2.56. The van der Waals surface area contributed by atoms with Crippen molar-refractivity contribution in [2.75, 3.05) is 31.5 Å². The van der Waals surface area contributed by atoms with E-state index in [-0.39, 0.29) is 6.03 Å². The molecule has 1 aliphatic heterocycles. The van der Waals surface area contributed by atoms with Gasteiger partial charge in [-0.15, -0.1) is 0 Å². The van der Waals surface area contributed by atoms with Crippen molar-refractivity contribution in [3.05, 3.63) is 29.8 Å². The lowest BCUT2D eigenvalue weighted by Gasteiger charge is -2.32. The van der Waals surface area contributed by atoms with Gasteiger partial charge in [0, 0.05) is 18.8 Å². The van der Waals surface area contributed by atoms with Gasteiger partial charge in [-0.25, -0.2) is 4.79 Å². The Labute approximate surface area is 125 Å². The van der Waals surface area contributed by atoms with Crippen LogP contribution in [0.2, 0.25) is 0 Å². The number of nitriles is 1. The normalized spacial score (nSPS) is 15.5.